The van der Waals surface area contributed by atoms with Gasteiger partial charge < -0.3 is 19.3 Å². The molecule has 2 saturated heterocycles. The van der Waals surface area contributed by atoms with Crippen LogP contribution in [0.1, 0.15) is 49.7 Å². The molecule has 3 heterocycles. The van der Waals surface area contributed by atoms with E-state index in [1.807, 2.05) is 6.92 Å². The van der Waals surface area contributed by atoms with Gasteiger partial charge in [0, 0.05) is 55.8 Å². The second-order valence-electron chi connectivity index (χ2n) is 12.3. The van der Waals surface area contributed by atoms with Gasteiger partial charge in [0.25, 0.3) is 0 Å². The number of likely N-dealkylation sites (tertiary alicyclic amines) is 1. The van der Waals surface area contributed by atoms with E-state index >= 15 is 0 Å². The van der Waals surface area contributed by atoms with E-state index in [0.717, 1.165) is 48.5 Å². The monoisotopic (exact) mass is 668 g/mol. The molecule has 3 aliphatic rings. The fourth-order valence-electron chi connectivity index (χ4n) is 6.29. The summed E-state index contributed by atoms with van der Waals surface area (Å²) in [7, 11) is -3.75. The normalized spacial score (nSPS) is 18.1. The molecule has 1 aliphatic carbocycles. The number of ether oxygens (including phenoxy) is 3. The average Bonchev–Trinajstić information content (AvgIpc) is 3.86. The molecular formula is C34H41FN4O7S. The maximum absolute atomic E-state index is 13.6. The van der Waals surface area contributed by atoms with Crippen LogP contribution in [-0.2, 0) is 26.0 Å². The molecular weight excluding hydrogens is 627 g/mol. The molecule has 11 nitrogen and oxygen atoms in total. The molecule has 1 spiro atoms. The molecule has 3 aromatic rings. The second-order valence-corrected chi connectivity index (χ2v) is 14.0. The van der Waals surface area contributed by atoms with Gasteiger partial charge >= 0.3 is 6.09 Å². The van der Waals surface area contributed by atoms with E-state index < -0.39 is 21.7 Å². The first-order valence-electron chi connectivity index (χ1n) is 16.1. The molecule has 0 bridgehead atoms. The molecule has 47 heavy (non-hydrogen) atoms. The number of sulfonamides is 1. The summed E-state index contributed by atoms with van der Waals surface area (Å²) in [6.45, 7) is 5.27. The molecule has 13 heteroatoms. The second kappa shape index (κ2) is 14.2. The number of aliphatic hydroxyl groups is 1. The lowest BCUT2D eigenvalue weighted by Crippen LogP contribution is -2.46. The number of carbonyl (C=O) groups is 1. The third-order valence-corrected chi connectivity index (χ3v) is 10.4. The lowest BCUT2D eigenvalue weighted by atomic mass is 9.90. The van der Waals surface area contributed by atoms with Gasteiger partial charge in [-0.05, 0) is 79.8 Å². The van der Waals surface area contributed by atoms with Crippen LogP contribution in [0.25, 0.3) is 11.3 Å². The molecule has 1 saturated carbocycles. The predicted molar refractivity (Wildman–Crippen MR) is 173 cm³/mol. The van der Waals surface area contributed by atoms with E-state index in [4.69, 9.17) is 19.3 Å². The minimum Gasteiger partial charge on any atom is -0.494 e. The van der Waals surface area contributed by atoms with Crippen molar-refractivity contribution in [3.63, 3.8) is 0 Å². The Morgan fingerprint density at radius 2 is 1.87 bits per heavy atom. The number of rotatable bonds is 14. The van der Waals surface area contributed by atoms with Gasteiger partial charge in [-0.3, -0.25) is 14.8 Å². The van der Waals surface area contributed by atoms with Crippen LogP contribution < -0.4 is 14.4 Å². The van der Waals surface area contributed by atoms with E-state index in [1.54, 1.807) is 23.1 Å². The fraction of sp³-hybridized carbons (Fsp3) is 0.471. The number of aliphatic hydroxyl groups excluding tert-OH is 1. The number of carbonyl (C=O) groups excluding carboxylic acids is 1. The fourth-order valence-corrected chi connectivity index (χ4v) is 7.30. The molecule has 0 unspecified atom stereocenters. The number of anilines is 1. The minimum atomic E-state index is -3.75. The van der Waals surface area contributed by atoms with Gasteiger partial charge in [-0.15, -0.1) is 0 Å². The summed E-state index contributed by atoms with van der Waals surface area (Å²) in [5.74, 6) is 0.895. The van der Waals surface area contributed by atoms with Gasteiger partial charge in [0.15, 0.2) is 0 Å². The quantitative estimate of drug-likeness (QED) is 0.240. The summed E-state index contributed by atoms with van der Waals surface area (Å²) in [6, 6.07) is 13.6. The SMILES string of the molecule is CCOc1cc(-c2ccc(F)cn2)c(C2CC2)cc1CN1CCC2(CC1)CN(c1ccc(S(=O)(=O)NCCOCCO)cc1)C(=O)O2. The Labute approximate surface area is 274 Å². The highest BCUT2D eigenvalue weighted by atomic mass is 32.2. The van der Waals surface area contributed by atoms with Crippen molar-refractivity contribution < 1.29 is 36.9 Å². The summed E-state index contributed by atoms with van der Waals surface area (Å²) in [5.41, 5.74) is 4.00. The van der Waals surface area contributed by atoms with Gasteiger partial charge in [-0.2, -0.15) is 0 Å². The van der Waals surface area contributed by atoms with E-state index in [9.17, 15) is 17.6 Å². The smallest absolute Gasteiger partial charge is 0.415 e. The highest BCUT2D eigenvalue weighted by Gasteiger charge is 2.47. The minimum absolute atomic E-state index is 0.0788. The average molecular weight is 669 g/mol. The van der Waals surface area contributed by atoms with Gasteiger partial charge in [-0.25, -0.2) is 22.3 Å². The van der Waals surface area contributed by atoms with Crippen molar-refractivity contribution in [1.29, 1.82) is 0 Å². The third kappa shape index (κ3) is 7.76. The van der Waals surface area contributed by atoms with Crippen molar-refractivity contribution in [3.8, 4) is 17.0 Å². The first-order chi connectivity index (χ1) is 22.7. The van der Waals surface area contributed by atoms with Gasteiger partial charge in [0.05, 0.1) is 49.8 Å². The molecule has 0 atom stereocenters. The summed E-state index contributed by atoms with van der Waals surface area (Å²) in [5, 5.41) is 8.76. The molecule has 2 aromatic carbocycles. The number of benzene rings is 2. The number of aromatic nitrogens is 1. The Kier molecular flexibility index (Phi) is 10.1. The summed E-state index contributed by atoms with van der Waals surface area (Å²) in [6.07, 6.45) is 4.38. The van der Waals surface area contributed by atoms with E-state index in [-0.39, 0.29) is 37.1 Å². The number of hydrogen-bond donors (Lipinski definition) is 2. The van der Waals surface area contributed by atoms with Crippen molar-refractivity contribution in [2.24, 2.45) is 0 Å². The summed E-state index contributed by atoms with van der Waals surface area (Å²) < 4.78 is 58.5. The van der Waals surface area contributed by atoms with Crippen LogP contribution in [0.3, 0.4) is 0 Å². The largest absolute Gasteiger partial charge is 0.494 e. The molecule has 1 aromatic heterocycles. The maximum atomic E-state index is 13.6. The standard InChI is InChI=1S/C34H41FN4O7S/c1-2-45-32-20-30(31-10-5-26(35)21-36-31)29(24-3-4-24)19-25(32)22-38-14-11-34(12-15-38)23-39(33(41)46-34)27-6-8-28(9-7-27)47(42,43)37-13-17-44-18-16-40/h5-10,19-21,24,37,40H,2-4,11-18,22-23H2,1H3. The topological polar surface area (TPSA) is 131 Å². The molecule has 6 rings (SSSR count). The zero-order chi connectivity index (χ0) is 33.0. The van der Waals surface area contributed by atoms with Crippen LogP contribution in [0.15, 0.2) is 59.6 Å². The Hall–Kier alpha value is -3.62. The summed E-state index contributed by atoms with van der Waals surface area (Å²) >= 11 is 0. The van der Waals surface area contributed by atoms with E-state index in [1.165, 1.54) is 30.0 Å². The van der Waals surface area contributed by atoms with Crippen LogP contribution >= 0.6 is 0 Å². The third-order valence-electron chi connectivity index (χ3n) is 8.92. The first kappa shape index (κ1) is 33.3. The highest BCUT2D eigenvalue weighted by molar-refractivity contribution is 7.89. The van der Waals surface area contributed by atoms with Crippen molar-refractivity contribution in [3.05, 3.63) is 71.7 Å². The number of nitrogens with one attached hydrogen (secondary N) is 1. The molecule has 0 radical (unpaired) electrons. The number of nitrogens with zero attached hydrogens (tertiary/aromatic N) is 3. The lowest BCUT2D eigenvalue weighted by Gasteiger charge is -2.37. The number of piperidine rings is 1. The first-order valence-corrected chi connectivity index (χ1v) is 17.6. The molecule has 252 valence electrons. The Morgan fingerprint density at radius 3 is 2.53 bits per heavy atom. The van der Waals surface area contributed by atoms with Crippen LogP contribution in [0.5, 0.6) is 5.75 Å². The zero-order valence-electron chi connectivity index (χ0n) is 26.5. The van der Waals surface area contributed by atoms with E-state index in [2.05, 4.69) is 26.7 Å². The van der Waals surface area contributed by atoms with E-state index in [0.29, 0.717) is 44.1 Å². The number of halogens is 1. The highest BCUT2D eigenvalue weighted by Crippen LogP contribution is 2.46. The van der Waals surface area contributed by atoms with Crippen molar-refractivity contribution >= 4 is 21.8 Å². The number of hydrogen-bond acceptors (Lipinski definition) is 9. The number of amides is 1. The maximum Gasteiger partial charge on any atom is 0.415 e. The van der Waals surface area contributed by atoms with Gasteiger partial charge in [0.2, 0.25) is 10.0 Å². The Balaban J connectivity index is 1.09. The molecule has 1 amide bonds. The Morgan fingerprint density at radius 1 is 1.11 bits per heavy atom. The molecule has 3 fully saturated rings. The molecule has 2 aliphatic heterocycles. The zero-order valence-corrected chi connectivity index (χ0v) is 27.3. The van der Waals surface area contributed by atoms with Crippen LogP contribution in [0.4, 0.5) is 14.9 Å². The van der Waals surface area contributed by atoms with Gasteiger partial charge in [0.1, 0.15) is 17.2 Å². The van der Waals surface area contributed by atoms with Crippen LogP contribution in [0, 0.1) is 5.82 Å². The lowest BCUT2D eigenvalue weighted by molar-refractivity contribution is -0.00111. The summed E-state index contributed by atoms with van der Waals surface area (Å²) in [4.78, 5) is 21.4. The van der Waals surface area contributed by atoms with Crippen LogP contribution in [-0.4, -0.2) is 87.7 Å². The van der Waals surface area contributed by atoms with Crippen molar-refractivity contribution in [2.75, 3.05) is 57.5 Å². The van der Waals surface area contributed by atoms with Gasteiger partial charge in [-0.1, -0.05) is 0 Å². The van der Waals surface area contributed by atoms with Crippen molar-refractivity contribution in [1.82, 2.24) is 14.6 Å². The number of pyridine rings is 1. The molecule has 2 N–H and O–H groups in total. The van der Waals surface area contributed by atoms with Crippen molar-refractivity contribution in [2.45, 2.75) is 55.6 Å². The Bertz CT molecular complexity index is 1660. The predicted octanol–water partition coefficient (Wildman–Crippen LogP) is 4.44. The van der Waals surface area contributed by atoms with Crippen LogP contribution in [0.2, 0.25) is 0 Å².